The number of nitrogens with one attached hydrogen (secondary N) is 1. The molecule has 0 radical (unpaired) electrons. The van der Waals surface area contributed by atoms with Gasteiger partial charge in [0.25, 0.3) is 5.91 Å². The molecule has 0 bridgehead atoms. The lowest BCUT2D eigenvalue weighted by molar-refractivity contribution is -0.143. The number of rotatable bonds is 5. The molecule has 1 amide bonds. The third kappa shape index (κ3) is 4.87. The zero-order chi connectivity index (χ0) is 20.3. The van der Waals surface area contributed by atoms with Gasteiger partial charge in [-0.05, 0) is 50.6 Å². The summed E-state index contributed by atoms with van der Waals surface area (Å²) in [6.07, 6.45) is 0. The summed E-state index contributed by atoms with van der Waals surface area (Å²) in [7, 11) is 0. The number of hydrogen-bond donors (Lipinski definition) is 1. The first-order chi connectivity index (χ1) is 13.3. The van der Waals surface area contributed by atoms with Gasteiger partial charge in [-0.3, -0.25) is 9.59 Å². The van der Waals surface area contributed by atoms with E-state index in [2.05, 4.69) is 10.3 Å². The molecule has 0 atom stereocenters. The fraction of sp³-hybridized carbons (Fsp3) is 0.227. The Labute approximate surface area is 168 Å². The van der Waals surface area contributed by atoms with Gasteiger partial charge < -0.3 is 10.1 Å². The minimum absolute atomic E-state index is 0.00604. The van der Waals surface area contributed by atoms with Crippen LogP contribution in [0.25, 0.3) is 10.9 Å². The van der Waals surface area contributed by atoms with Crippen LogP contribution in [0, 0.1) is 20.8 Å². The highest BCUT2D eigenvalue weighted by Gasteiger charge is 2.12. The van der Waals surface area contributed by atoms with Crippen LogP contribution < -0.4 is 5.32 Å². The molecule has 0 saturated carbocycles. The summed E-state index contributed by atoms with van der Waals surface area (Å²) in [6.45, 7) is 5.59. The highest BCUT2D eigenvalue weighted by molar-refractivity contribution is 6.30. The van der Waals surface area contributed by atoms with E-state index >= 15 is 0 Å². The van der Waals surface area contributed by atoms with Crippen LogP contribution in [0.5, 0.6) is 0 Å². The minimum Gasteiger partial charge on any atom is -0.459 e. The Balaban J connectivity index is 1.58. The molecule has 0 aliphatic rings. The summed E-state index contributed by atoms with van der Waals surface area (Å²) in [5.74, 6) is -0.859. The molecule has 2 aromatic carbocycles. The van der Waals surface area contributed by atoms with Gasteiger partial charge in [0.2, 0.25) is 0 Å². The molecule has 0 fully saturated rings. The second-order valence-electron chi connectivity index (χ2n) is 6.85. The molecule has 144 valence electrons. The van der Waals surface area contributed by atoms with Crippen LogP contribution in [0.15, 0.2) is 42.5 Å². The number of amides is 1. The highest BCUT2D eigenvalue weighted by Crippen LogP contribution is 2.22. The van der Waals surface area contributed by atoms with Crippen molar-refractivity contribution >= 4 is 34.4 Å². The SMILES string of the molecule is Cc1cc(C)cc(C(=O)NCC(=O)OCc2cc3ccc(C)cc3nc2Cl)c1. The van der Waals surface area contributed by atoms with E-state index in [1.54, 1.807) is 12.1 Å². The molecule has 3 aromatic rings. The van der Waals surface area contributed by atoms with Crippen molar-refractivity contribution in [2.45, 2.75) is 27.4 Å². The number of esters is 1. The monoisotopic (exact) mass is 396 g/mol. The normalized spacial score (nSPS) is 10.7. The molecule has 5 nitrogen and oxygen atoms in total. The maximum absolute atomic E-state index is 12.2. The Bertz CT molecular complexity index is 1040. The van der Waals surface area contributed by atoms with Crippen molar-refractivity contribution in [1.82, 2.24) is 10.3 Å². The summed E-state index contributed by atoms with van der Waals surface area (Å²) in [4.78, 5) is 28.6. The number of carbonyl (C=O) groups is 2. The molecule has 0 aliphatic heterocycles. The van der Waals surface area contributed by atoms with E-state index in [-0.39, 0.29) is 19.1 Å². The predicted molar refractivity (Wildman–Crippen MR) is 110 cm³/mol. The predicted octanol–water partition coefficient (Wildman–Crippen LogP) is 4.29. The van der Waals surface area contributed by atoms with E-state index < -0.39 is 5.97 Å². The van der Waals surface area contributed by atoms with Crippen molar-refractivity contribution in [3.8, 4) is 0 Å². The number of benzene rings is 2. The van der Waals surface area contributed by atoms with Crippen LogP contribution >= 0.6 is 11.6 Å². The summed E-state index contributed by atoms with van der Waals surface area (Å²) in [5, 5.41) is 3.79. The van der Waals surface area contributed by atoms with Gasteiger partial charge in [0.1, 0.15) is 18.3 Å². The Morgan fingerprint density at radius 1 is 1.00 bits per heavy atom. The van der Waals surface area contributed by atoms with E-state index in [4.69, 9.17) is 16.3 Å². The Morgan fingerprint density at radius 3 is 2.43 bits per heavy atom. The van der Waals surface area contributed by atoms with Gasteiger partial charge in [-0.15, -0.1) is 0 Å². The molecule has 3 rings (SSSR count). The maximum Gasteiger partial charge on any atom is 0.325 e. The summed E-state index contributed by atoms with van der Waals surface area (Å²) in [5.41, 5.74) is 4.99. The first-order valence-corrected chi connectivity index (χ1v) is 9.27. The molecule has 1 heterocycles. The van der Waals surface area contributed by atoms with E-state index in [1.165, 1.54) is 0 Å². The van der Waals surface area contributed by atoms with Crippen LogP contribution in [0.2, 0.25) is 5.15 Å². The number of hydrogen-bond acceptors (Lipinski definition) is 4. The smallest absolute Gasteiger partial charge is 0.325 e. The van der Waals surface area contributed by atoms with Crippen molar-refractivity contribution < 1.29 is 14.3 Å². The fourth-order valence-corrected chi connectivity index (χ4v) is 3.17. The van der Waals surface area contributed by atoms with E-state index in [0.29, 0.717) is 16.3 Å². The average molecular weight is 397 g/mol. The van der Waals surface area contributed by atoms with Crippen molar-refractivity contribution in [2.75, 3.05) is 6.54 Å². The standard InChI is InChI=1S/C22H21ClN2O3/c1-13-4-5-16-10-18(21(23)25-19(16)9-13)12-28-20(26)11-24-22(27)17-7-14(2)6-15(3)8-17/h4-10H,11-12H2,1-3H3,(H,24,27). The van der Waals surface area contributed by atoms with Crippen molar-refractivity contribution in [1.29, 1.82) is 0 Å². The Kier molecular flexibility index (Phi) is 5.95. The van der Waals surface area contributed by atoms with Crippen LogP contribution in [-0.4, -0.2) is 23.4 Å². The van der Waals surface area contributed by atoms with E-state index in [9.17, 15) is 9.59 Å². The Morgan fingerprint density at radius 2 is 1.71 bits per heavy atom. The van der Waals surface area contributed by atoms with Gasteiger partial charge in [0, 0.05) is 16.5 Å². The van der Waals surface area contributed by atoms with Crippen LogP contribution in [0.3, 0.4) is 0 Å². The zero-order valence-corrected chi connectivity index (χ0v) is 16.8. The van der Waals surface area contributed by atoms with E-state index in [1.807, 2.05) is 51.1 Å². The average Bonchev–Trinajstić information content (AvgIpc) is 2.63. The molecule has 6 heteroatoms. The third-order valence-electron chi connectivity index (χ3n) is 4.27. The van der Waals surface area contributed by atoms with Gasteiger partial charge >= 0.3 is 5.97 Å². The van der Waals surface area contributed by atoms with Gasteiger partial charge in [-0.1, -0.05) is 40.9 Å². The highest BCUT2D eigenvalue weighted by atomic mass is 35.5. The second-order valence-corrected chi connectivity index (χ2v) is 7.21. The zero-order valence-electron chi connectivity index (χ0n) is 16.0. The summed E-state index contributed by atoms with van der Waals surface area (Å²) in [6, 6.07) is 13.3. The molecular formula is C22H21ClN2O3. The molecule has 28 heavy (non-hydrogen) atoms. The summed E-state index contributed by atoms with van der Waals surface area (Å²) >= 11 is 6.20. The molecule has 0 spiro atoms. The van der Waals surface area contributed by atoms with Crippen molar-refractivity contribution in [3.05, 3.63) is 75.4 Å². The number of nitrogens with zero attached hydrogens (tertiary/aromatic N) is 1. The quantitative estimate of drug-likeness (QED) is 0.516. The second kappa shape index (κ2) is 8.40. The molecule has 1 N–H and O–H groups in total. The number of aromatic nitrogens is 1. The van der Waals surface area contributed by atoms with Gasteiger partial charge in [-0.25, -0.2) is 4.98 Å². The maximum atomic E-state index is 12.2. The number of fused-ring (bicyclic) bond motifs is 1. The topological polar surface area (TPSA) is 68.3 Å². The number of halogens is 1. The summed E-state index contributed by atoms with van der Waals surface area (Å²) < 4.78 is 5.24. The lowest BCUT2D eigenvalue weighted by atomic mass is 10.1. The first kappa shape index (κ1) is 19.8. The van der Waals surface area contributed by atoms with Crippen LogP contribution in [0.4, 0.5) is 0 Å². The fourth-order valence-electron chi connectivity index (χ4n) is 2.97. The molecular weight excluding hydrogens is 376 g/mol. The number of pyridine rings is 1. The molecule has 0 aliphatic carbocycles. The van der Waals surface area contributed by atoms with Crippen LogP contribution in [-0.2, 0) is 16.1 Å². The number of aryl methyl sites for hydroxylation is 3. The van der Waals surface area contributed by atoms with Gasteiger partial charge in [0.15, 0.2) is 0 Å². The van der Waals surface area contributed by atoms with Gasteiger partial charge in [-0.2, -0.15) is 0 Å². The lowest BCUT2D eigenvalue weighted by Crippen LogP contribution is -2.30. The van der Waals surface area contributed by atoms with Crippen molar-refractivity contribution in [2.24, 2.45) is 0 Å². The van der Waals surface area contributed by atoms with E-state index in [0.717, 1.165) is 27.6 Å². The third-order valence-corrected chi connectivity index (χ3v) is 4.59. The molecule has 0 saturated heterocycles. The largest absolute Gasteiger partial charge is 0.459 e. The number of ether oxygens (including phenoxy) is 1. The molecule has 0 unspecified atom stereocenters. The lowest BCUT2D eigenvalue weighted by Gasteiger charge is -2.09. The molecule has 1 aromatic heterocycles. The number of carbonyl (C=O) groups excluding carboxylic acids is 2. The van der Waals surface area contributed by atoms with Crippen LogP contribution in [0.1, 0.15) is 32.6 Å². The first-order valence-electron chi connectivity index (χ1n) is 8.90. The minimum atomic E-state index is -0.544. The van der Waals surface area contributed by atoms with Crippen molar-refractivity contribution in [3.63, 3.8) is 0 Å². The van der Waals surface area contributed by atoms with Gasteiger partial charge in [0.05, 0.1) is 5.52 Å². The Hall–Kier alpha value is -2.92.